The third-order valence-corrected chi connectivity index (χ3v) is 3.80. The van der Waals surface area contributed by atoms with Gasteiger partial charge in [0.1, 0.15) is 0 Å². The van der Waals surface area contributed by atoms with Gasteiger partial charge in [0.05, 0.1) is 10.6 Å². The number of nitrogens with one attached hydrogen (secondary N) is 1. The summed E-state index contributed by atoms with van der Waals surface area (Å²) in [6, 6.07) is 5.18. The van der Waals surface area contributed by atoms with E-state index in [-0.39, 0.29) is 24.1 Å². The highest BCUT2D eigenvalue weighted by Gasteiger charge is 2.15. The van der Waals surface area contributed by atoms with Gasteiger partial charge in [-0.2, -0.15) is 0 Å². The van der Waals surface area contributed by atoms with Gasteiger partial charge in [0.25, 0.3) is 5.91 Å². The quantitative estimate of drug-likeness (QED) is 0.647. The largest absolute Gasteiger partial charge is 0.452 e. The molecule has 0 radical (unpaired) electrons. The van der Waals surface area contributed by atoms with Crippen molar-refractivity contribution in [3.05, 3.63) is 28.8 Å². The molecular formula is C14H18ClNO3S. The predicted molar refractivity (Wildman–Crippen MR) is 81.4 cm³/mol. The second kappa shape index (κ2) is 8.17. The van der Waals surface area contributed by atoms with Crippen LogP contribution in [0, 0.1) is 0 Å². The Balaban J connectivity index is 2.61. The van der Waals surface area contributed by atoms with Gasteiger partial charge < -0.3 is 10.1 Å². The third kappa shape index (κ3) is 5.06. The van der Waals surface area contributed by atoms with Crippen LogP contribution in [0.15, 0.2) is 23.1 Å². The SMILES string of the molecule is CC[C@@H](C)NC(=O)COC(=O)c1cc(SC)ccc1Cl. The molecule has 0 saturated heterocycles. The highest BCUT2D eigenvalue weighted by Crippen LogP contribution is 2.23. The monoisotopic (exact) mass is 315 g/mol. The Morgan fingerprint density at radius 2 is 2.15 bits per heavy atom. The van der Waals surface area contributed by atoms with Crippen molar-refractivity contribution in [1.82, 2.24) is 5.32 Å². The zero-order chi connectivity index (χ0) is 15.1. The molecule has 1 amide bonds. The Hall–Kier alpha value is -1.20. The molecule has 0 aromatic heterocycles. The molecule has 1 aromatic carbocycles. The van der Waals surface area contributed by atoms with Crippen LogP contribution < -0.4 is 5.32 Å². The number of halogens is 1. The molecule has 1 N–H and O–H groups in total. The first-order valence-corrected chi connectivity index (χ1v) is 7.88. The maximum Gasteiger partial charge on any atom is 0.340 e. The summed E-state index contributed by atoms with van der Waals surface area (Å²) in [7, 11) is 0. The van der Waals surface area contributed by atoms with Crippen LogP contribution in [0.5, 0.6) is 0 Å². The van der Waals surface area contributed by atoms with Crippen LogP contribution >= 0.6 is 23.4 Å². The van der Waals surface area contributed by atoms with Crippen LogP contribution in [-0.4, -0.2) is 30.8 Å². The van der Waals surface area contributed by atoms with Crippen LogP contribution in [0.4, 0.5) is 0 Å². The van der Waals surface area contributed by atoms with E-state index in [1.807, 2.05) is 26.2 Å². The number of amides is 1. The summed E-state index contributed by atoms with van der Waals surface area (Å²) in [4.78, 5) is 24.3. The highest BCUT2D eigenvalue weighted by molar-refractivity contribution is 7.98. The van der Waals surface area contributed by atoms with Gasteiger partial charge in [-0.15, -0.1) is 11.8 Å². The lowest BCUT2D eigenvalue weighted by molar-refractivity contribution is -0.124. The van der Waals surface area contributed by atoms with E-state index in [2.05, 4.69) is 5.32 Å². The minimum Gasteiger partial charge on any atom is -0.452 e. The van der Waals surface area contributed by atoms with Crippen LogP contribution in [0.1, 0.15) is 30.6 Å². The molecule has 1 aromatic rings. The van der Waals surface area contributed by atoms with E-state index in [1.54, 1.807) is 12.1 Å². The average Bonchev–Trinajstić information content (AvgIpc) is 2.45. The van der Waals surface area contributed by atoms with Crippen molar-refractivity contribution in [2.45, 2.75) is 31.2 Å². The van der Waals surface area contributed by atoms with Gasteiger partial charge in [-0.25, -0.2) is 4.79 Å². The molecule has 1 atom stereocenters. The topological polar surface area (TPSA) is 55.4 Å². The maximum atomic E-state index is 11.9. The minimum absolute atomic E-state index is 0.0598. The Morgan fingerprint density at radius 1 is 1.45 bits per heavy atom. The number of esters is 1. The fraction of sp³-hybridized carbons (Fsp3) is 0.429. The molecule has 0 aliphatic heterocycles. The van der Waals surface area contributed by atoms with Crippen molar-refractivity contribution in [3.63, 3.8) is 0 Å². The molecular weight excluding hydrogens is 298 g/mol. The molecule has 4 nitrogen and oxygen atoms in total. The molecule has 6 heteroatoms. The van der Waals surface area contributed by atoms with Crippen molar-refractivity contribution in [2.75, 3.05) is 12.9 Å². The van der Waals surface area contributed by atoms with E-state index in [0.717, 1.165) is 11.3 Å². The van der Waals surface area contributed by atoms with Crippen molar-refractivity contribution >= 4 is 35.2 Å². The standard InChI is InChI=1S/C14H18ClNO3S/c1-4-9(2)16-13(17)8-19-14(18)11-7-10(20-3)5-6-12(11)15/h5-7,9H,4,8H2,1-3H3,(H,16,17)/t9-/m1/s1. The van der Waals surface area contributed by atoms with Gasteiger partial charge in [-0.05, 0) is 37.8 Å². The number of benzene rings is 1. The Bertz CT molecular complexity index is 493. The smallest absolute Gasteiger partial charge is 0.340 e. The molecule has 0 fully saturated rings. The number of rotatable bonds is 6. The lowest BCUT2D eigenvalue weighted by atomic mass is 10.2. The summed E-state index contributed by atoms with van der Waals surface area (Å²) in [5.74, 6) is -0.907. The van der Waals surface area contributed by atoms with E-state index in [9.17, 15) is 9.59 Å². The Kier molecular flexibility index (Phi) is 6.88. The normalized spacial score (nSPS) is 11.8. The van der Waals surface area contributed by atoms with Gasteiger partial charge in [0.15, 0.2) is 6.61 Å². The Morgan fingerprint density at radius 3 is 2.75 bits per heavy atom. The first kappa shape index (κ1) is 16.9. The predicted octanol–water partition coefficient (Wildman–Crippen LogP) is 3.13. The summed E-state index contributed by atoms with van der Waals surface area (Å²) < 4.78 is 4.97. The lowest BCUT2D eigenvalue weighted by Gasteiger charge is -2.12. The number of thioether (sulfide) groups is 1. The van der Waals surface area contributed by atoms with Crippen LogP contribution in [0.25, 0.3) is 0 Å². The van der Waals surface area contributed by atoms with Crippen molar-refractivity contribution in [1.29, 1.82) is 0 Å². The summed E-state index contributed by atoms with van der Waals surface area (Å²) >= 11 is 7.46. The molecule has 0 bridgehead atoms. The molecule has 0 aliphatic rings. The zero-order valence-electron chi connectivity index (χ0n) is 11.7. The molecule has 0 spiro atoms. The van der Waals surface area contributed by atoms with Crippen LogP contribution in [-0.2, 0) is 9.53 Å². The first-order valence-electron chi connectivity index (χ1n) is 6.28. The summed E-state index contributed by atoms with van der Waals surface area (Å²) in [6.45, 7) is 3.55. The van der Waals surface area contributed by atoms with E-state index >= 15 is 0 Å². The van der Waals surface area contributed by atoms with Gasteiger partial charge >= 0.3 is 5.97 Å². The van der Waals surface area contributed by atoms with Crippen LogP contribution in [0.3, 0.4) is 0 Å². The number of ether oxygens (including phenoxy) is 1. The fourth-order valence-corrected chi connectivity index (χ4v) is 2.05. The second-order valence-electron chi connectivity index (χ2n) is 4.30. The summed E-state index contributed by atoms with van der Waals surface area (Å²) in [6.07, 6.45) is 2.72. The number of hydrogen-bond acceptors (Lipinski definition) is 4. The fourth-order valence-electron chi connectivity index (χ4n) is 1.42. The minimum atomic E-state index is -0.592. The van der Waals surface area contributed by atoms with Gasteiger partial charge in [0, 0.05) is 10.9 Å². The highest BCUT2D eigenvalue weighted by atomic mass is 35.5. The molecule has 110 valence electrons. The van der Waals surface area contributed by atoms with Crippen molar-refractivity contribution in [3.8, 4) is 0 Å². The van der Waals surface area contributed by atoms with E-state index in [4.69, 9.17) is 16.3 Å². The lowest BCUT2D eigenvalue weighted by Crippen LogP contribution is -2.35. The van der Waals surface area contributed by atoms with E-state index in [0.29, 0.717) is 5.02 Å². The number of carbonyl (C=O) groups excluding carboxylic acids is 2. The van der Waals surface area contributed by atoms with E-state index < -0.39 is 5.97 Å². The van der Waals surface area contributed by atoms with Gasteiger partial charge in [-0.1, -0.05) is 18.5 Å². The molecule has 0 saturated carbocycles. The number of hydrogen-bond donors (Lipinski definition) is 1. The first-order chi connectivity index (χ1) is 9.47. The number of carbonyl (C=O) groups is 2. The average molecular weight is 316 g/mol. The van der Waals surface area contributed by atoms with Gasteiger partial charge in [0.2, 0.25) is 0 Å². The van der Waals surface area contributed by atoms with Crippen LogP contribution in [0.2, 0.25) is 5.02 Å². The second-order valence-corrected chi connectivity index (χ2v) is 5.59. The van der Waals surface area contributed by atoms with E-state index in [1.165, 1.54) is 11.8 Å². The van der Waals surface area contributed by atoms with Crippen molar-refractivity contribution < 1.29 is 14.3 Å². The molecule has 0 heterocycles. The van der Waals surface area contributed by atoms with Crippen molar-refractivity contribution in [2.24, 2.45) is 0 Å². The Labute approximate surface area is 128 Å². The molecule has 20 heavy (non-hydrogen) atoms. The molecule has 0 unspecified atom stereocenters. The summed E-state index contributed by atoms with van der Waals surface area (Å²) in [5, 5.41) is 3.04. The molecule has 1 rings (SSSR count). The van der Waals surface area contributed by atoms with Gasteiger partial charge in [-0.3, -0.25) is 4.79 Å². The summed E-state index contributed by atoms with van der Waals surface area (Å²) in [5.41, 5.74) is 0.273. The zero-order valence-corrected chi connectivity index (χ0v) is 13.3. The maximum absolute atomic E-state index is 11.9. The third-order valence-electron chi connectivity index (χ3n) is 2.75. The molecule has 0 aliphatic carbocycles.